The average molecular weight is 359 g/mol. The fourth-order valence-corrected chi connectivity index (χ4v) is 3.98. The Labute approximate surface area is 153 Å². The van der Waals surface area contributed by atoms with Crippen LogP contribution < -0.4 is 5.32 Å². The Bertz CT molecular complexity index is 694. The summed E-state index contributed by atoms with van der Waals surface area (Å²) in [6, 6.07) is 7.90. The van der Waals surface area contributed by atoms with E-state index in [9.17, 15) is 4.79 Å². The van der Waals surface area contributed by atoms with Crippen molar-refractivity contribution in [2.75, 3.05) is 11.1 Å². The summed E-state index contributed by atoms with van der Waals surface area (Å²) in [6.45, 7) is 2.08. The number of nitrogens with one attached hydrogen (secondary N) is 2. The molecule has 0 spiro atoms. The van der Waals surface area contributed by atoms with E-state index in [1.807, 2.05) is 24.3 Å². The van der Waals surface area contributed by atoms with Crippen molar-refractivity contribution >= 4 is 23.4 Å². The van der Waals surface area contributed by atoms with E-state index in [0.29, 0.717) is 10.9 Å². The first-order chi connectivity index (χ1) is 12.2. The lowest BCUT2D eigenvalue weighted by Gasteiger charge is -2.08. The number of aromatic amines is 1. The maximum Gasteiger partial charge on any atom is 0.234 e. The maximum atomic E-state index is 12.2. The summed E-state index contributed by atoms with van der Waals surface area (Å²) < 4.78 is 0. The predicted molar refractivity (Wildman–Crippen MR) is 102 cm³/mol. The van der Waals surface area contributed by atoms with Crippen LogP contribution in [0.25, 0.3) is 0 Å². The molecule has 1 aromatic carbocycles. The third kappa shape index (κ3) is 5.33. The molecule has 6 heteroatoms. The molecule has 0 bridgehead atoms. The van der Waals surface area contributed by atoms with Crippen molar-refractivity contribution in [1.29, 1.82) is 0 Å². The third-order valence-electron chi connectivity index (χ3n) is 4.78. The minimum absolute atomic E-state index is 0.0248. The highest BCUT2D eigenvalue weighted by Crippen LogP contribution is 2.28. The van der Waals surface area contributed by atoms with Crippen molar-refractivity contribution in [2.45, 2.75) is 57.0 Å². The van der Waals surface area contributed by atoms with Gasteiger partial charge in [0.15, 0.2) is 0 Å². The van der Waals surface area contributed by atoms with Crippen LogP contribution in [0.3, 0.4) is 0 Å². The van der Waals surface area contributed by atoms with Gasteiger partial charge in [0.05, 0.1) is 5.75 Å². The lowest BCUT2D eigenvalue weighted by Crippen LogP contribution is -2.15. The van der Waals surface area contributed by atoms with Gasteiger partial charge in [0.2, 0.25) is 11.1 Å². The molecule has 0 unspecified atom stereocenters. The lowest BCUT2D eigenvalue weighted by atomic mass is 10.0. The number of carbonyl (C=O) groups excluding carboxylic acids is 1. The van der Waals surface area contributed by atoms with Gasteiger partial charge in [-0.15, -0.1) is 5.10 Å². The van der Waals surface area contributed by atoms with Gasteiger partial charge in [-0.1, -0.05) is 62.6 Å². The fraction of sp³-hybridized carbons (Fsp3) is 0.526. The fourth-order valence-electron chi connectivity index (χ4n) is 3.36. The quantitative estimate of drug-likeness (QED) is 0.693. The second-order valence-corrected chi connectivity index (χ2v) is 7.54. The number of rotatable bonds is 8. The number of hydrogen-bond acceptors (Lipinski definition) is 4. The number of hydrogen-bond donors (Lipinski definition) is 2. The SMILES string of the molecule is CCc1ccccc1NC(=O)CSc1n[nH]c(CCC2CCCC2)n1. The van der Waals surface area contributed by atoms with E-state index in [4.69, 9.17) is 0 Å². The summed E-state index contributed by atoms with van der Waals surface area (Å²) in [5.74, 6) is 2.08. The van der Waals surface area contributed by atoms with Gasteiger partial charge < -0.3 is 5.32 Å². The van der Waals surface area contributed by atoms with E-state index in [2.05, 4.69) is 27.4 Å². The zero-order chi connectivity index (χ0) is 17.5. The molecule has 0 saturated heterocycles. The summed E-state index contributed by atoms with van der Waals surface area (Å²) >= 11 is 1.37. The Hall–Kier alpha value is -1.82. The highest BCUT2D eigenvalue weighted by atomic mass is 32.2. The molecule has 0 radical (unpaired) electrons. The van der Waals surface area contributed by atoms with Gasteiger partial charge in [-0.3, -0.25) is 9.89 Å². The zero-order valence-corrected chi connectivity index (χ0v) is 15.6. The van der Waals surface area contributed by atoms with Crippen molar-refractivity contribution in [3.8, 4) is 0 Å². The molecule has 3 rings (SSSR count). The standard InChI is InChI=1S/C19H26N4OS/c1-2-15-9-5-6-10-16(15)20-18(24)13-25-19-21-17(22-23-19)12-11-14-7-3-4-8-14/h5-6,9-10,14H,2-4,7-8,11-13H2,1H3,(H,20,24)(H,21,22,23). The van der Waals surface area contributed by atoms with E-state index in [1.165, 1.54) is 43.9 Å². The second-order valence-electron chi connectivity index (χ2n) is 6.60. The third-order valence-corrected chi connectivity index (χ3v) is 5.63. The zero-order valence-electron chi connectivity index (χ0n) is 14.8. The first kappa shape index (κ1) is 18.0. The Morgan fingerprint density at radius 3 is 2.92 bits per heavy atom. The summed E-state index contributed by atoms with van der Waals surface area (Å²) in [4.78, 5) is 16.7. The Kier molecular flexibility index (Phi) is 6.50. The van der Waals surface area contributed by atoms with Gasteiger partial charge >= 0.3 is 0 Å². The van der Waals surface area contributed by atoms with Crippen LogP contribution in [0.5, 0.6) is 0 Å². The van der Waals surface area contributed by atoms with Gasteiger partial charge in [-0.2, -0.15) is 0 Å². The molecule has 1 fully saturated rings. The highest BCUT2D eigenvalue weighted by molar-refractivity contribution is 7.99. The normalized spacial score (nSPS) is 14.8. The van der Waals surface area contributed by atoms with Crippen LogP contribution >= 0.6 is 11.8 Å². The summed E-state index contributed by atoms with van der Waals surface area (Å²) in [6.07, 6.45) is 8.50. The predicted octanol–water partition coefficient (Wildman–Crippen LogP) is 4.22. The van der Waals surface area contributed by atoms with Gasteiger partial charge in [0.25, 0.3) is 0 Å². The Balaban J connectivity index is 1.44. The molecule has 1 aromatic heterocycles. The summed E-state index contributed by atoms with van der Waals surface area (Å²) in [5, 5.41) is 10.9. The van der Waals surface area contributed by atoms with Crippen molar-refractivity contribution in [3.63, 3.8) is 0 Å². The smallest absolute Gasteiger partial charge is 0.234 e. The Morgan fingerprint density at radius 2 is 2.12 bits per heavy atom. The number of para-hydroxylation sites is 1. The van der Waals surface area contributed by atoms with Crippen LogP contribution in [0, 0.1) is 5.92 Å². The highest BCUT2D eigenvalue weighted by Gasteiger charge is 2.16. The summed E-state index contributed by atoms with van der Waals surface area (Å²) in [5.41, 5.74) is 2.04. The number of aryl methyl sites for hydroxylation is 2. The van der Waals surface area contributed by atoms with Crippen LogP contribution in [-0.2, 0) is 17.6 Å². The van der Waals surface area contributed by atoms with Crippen LogP contribution in [0.15, 0.2) is 29.4 Å². The first-order valence-corrected chi connectivity index (χ1v) is 10.1. The van der Waals surface area contributed by atoms with Crippen molar-refractivity contribution in [2.24, 2.45) is 5.92 Å². The molecule has 1 saturated carbocycles. The van der Waals surface area contributed by atoms with E-state index >= 15 is 0 Å². The topological polar surface area (TPSA) is 70.7 Å². The van der Waals surface area contributed by atoms with Crippen LogP contribution in [0.2, 0.25) is 0 Å². The minimum Gasteiger partial charge on any atom is -0.325 e. The molecular weight excluding hydrogens is 332 g/mol. The van der Waals surface area contributed by atoms with Crippen molar-refractivity contribution in [1.82, 2.24) is 15.2 Å². The second kappa shape index (κ2) is 9.04. The molecule has 2 aromatic rings. The minimum atomic E-state index is -0.0248. The number of carbonyl (C=O) groups is 1. The molecule has 1 aliphatic rings. The van der Waals surface area contributed by atoms with Crippen molar-refractivity contribution < 1.29 is 4.79 Å². The molecule has 2 N–H and O–H groups in total. The lowest BCUT2D eigenvalue weighted by molar-refractivity contribution is -0.113. The number of anilines is 1. The maximum absolute atomic E-state index is 12.2. The number of aromatic nitrogens is 3. The van der Waals surface area contributed by atoms with Crippen LogP contribution in [-0.4, -0.2) is 26.8 Å². The molecule has 0 atom stereocenters. The van der Waals surface area contributed by atoms with E-state index in [0.717, 1.165) is 35.8 Å². The largest absolute Gasteiger partial charge is 0.325 e. The van der Waals surface area contributed by atoms with E-state index in [-0.39, 0.29) is 5.91 Å². The number of nitrogens with zero attached hydrogens (tertiary/aromatic N) is 2. The number of H-pyrrole nitrogens is 1. The van der Waals surface area contributed by atoms with Crippen LogP contribution in [0.4, 0.5) is 5.69 Å². The average Bonchev–Trinajstić information content (AvgIpc) is 3.30. The van der Waals surface area contributed by atoms with Gasteiger partial charge in [-0.05, 0) is 30.4 Å². The number of amides is 1. The molecule has 5 nitrogen and oxygen atoms in total. The molecular formula is C19H26N4OS. The number of thioether (sulfide) groups is 1. The van der Waals surface area contributed by atoms with Gasteiger partial charge in [0, 0.05) is 12.1 Å². The first-order valence-electron chi connectivity index (χ1n) is 9.16. The molecule has 0 aliphatic heterocycles. The monoisotopic (exact) mass is 358 g/mol. The van der Waals surface area contributed by atoms with Crippen molar-refractivity contribution in [3.05, 3.63) is 35.7 Å². The summed E-state index contributed by atoms with van der Waals surface area (Å²) in [7, 11) is 0. The molecule has 1 amide bonds. The Morgan fingerprint density at radius 1 is 1.32 bits per heavy atom. The van der Waals surface area contributed by atoms with Crippen LogP contribution in [0.1, 0.15) is 50.4 Å². The van der Waals surface area contributed by atoms with Gasteiger partial charge in [-0.25, -0.2) is 4.98 Å². The van der Waals surface area contributed by atoms with E-state index < -0.39 is 0 Å². The molecule has 1 aliphatic carbocycles. The molecule has 25 heavy (non-hydrogen) atoms. The molecule has 134 valence electrons. The molecule has 1 heterocycles. The number of benzene rings is 1. The van der Waals surface area contributed by atoms with E-state index in [1.54, 1.807) is 0 Å². The van der Waals surface area contributed by atoms with Gasteiger partial charge in [0.1, 0.15) is 5.82 Å².